The second-order valence-electron chi connectivity index (χ2n) is 2.79. The molecule has 0 fully saturated rings. The summed E-state index contributed by atoms with van der Waals surface area (Å²) in [4.78, 5) is 0. The van der Waals surface area contributed by atoms with Gasteiger partial charge in [0, 0.05) is 4.47 Å². The molecule has 1 aromatic rings. The number of aliphatic hydroxyl groups excluding tert-OH is 1. The average Bonchev–Trinajstić information content (AvgIpc) is 2.08. The van der Waals surface area contributed by atoms with E-state index in [9.17, 15) is 0 Å². The molecular formula is C9H12BrNO. The number of aliphatic hydroxyl groups is 1. The van der Waals surface area contributed by atoms with Crippen molar-refractivity contribution in [2.45, 2.75) is 13.0 Å². The van der Waals surface area contributed by atoms with Gasteiger partial charge in [-0.3, -0.25) is 0 Å². The Morgan fingerprint density at radius 3 is 2.83 bits per heavy atom. The summed E-state index contributed by atoms with van der Waals surface area (Å²) in [6.45, 7) is 1.97. The largest absolute Gasteiger partial charge is 0.394 e. The van der Waals surface area contributed by atoms with Crippen molar-refractivity contribution in [2.75, 3.05) is 6.61 Å². The molecule has 0 aliphatic rings. The zero-order valence-electron chi connectivity index (χ0n) is 6.92. The van der Waals surface area contributed by atoms with E-state index < -0.39 is 0 Å². The fourth-order valence-corrected chi connectivity index (χ4v) is 1.49. The van der Waals surface area contributed by atoms with Gasteiger partial charge in [0.25, 0.3) is 0 Å². The maximum absolute atomic E-state index is 8.86. The highest BCUT2D eigenvalue weighted by molar-refractivity contribution is 9.10. The summed E-state index contributed by atoms with van der Waals surface area (Å²) in [5.74, 6) is 0. The number of benzene rings is 1. The van der Waals surface area contributed by atoms with Gasteiger partial charge in [0.2, 0.25) is 0 Å². The third kappa shape index (κ3) is 2.06. The summed E-state index contributed by atoms with van der Waals surface area (Å²) in [6.07, 6.45) is 0. The van der Waals surface area contributed by atoms with E-state index >= 15 is 0 Å². The second-order valence-corrected chi connectivity index (χ2v) is 3.71. The van der Waals surface area contributed by atoms with Gasteiger partial charge >= 0.3 is 0 Å². The van der Waals surface area contributed by atoms with E-state index in [0.29, 0.717) is 0 Å². The van der Waals surface area contributed by atoms with Gasteiger partial charge in [-0.15, -0.1) is 0 Å². The minimum atomic E-state index is -0.275. The second kappa shape index (κ2) is 4.03. The molecule has 0 saturated carbocycles. The maximum Gasteiger partial charge on any atom is 0.0624 e. The SMILES string of the molecule is Cc1ccc(Br)cc1[C@H](N)CO. The van der Waals surface area contributed by atoms with Gasteiger partial charge in [-0.1, -0.05) is 22.0 Å². The van der Waals surface area contributed by atoms with Crippen LogP contribution in [0.25, 0.3) is 0 Å². The molecule has 0 spiro atoms. The number of aryl methyl sites for hydroxylation is 1. The number of halogens is 1. The molecule has 0 heterocycles. The summed E-state index contributed by atoms with van der Waals surface area (Å²) < 4.78 is 0.993. The molecule has 1 rings (SSSR count). The van der Waals surface area contributed by atoms with Gasteiger partial charge in [-0.2, -0.15) is 0 Å². The molecule has 0 radical (unpaired) electrons. The lowest BCUT2D eigenvalue weighted by Crippen LogP contribution is -2.15. The molecule has 0 aromatic heterocycles. The molecule has 0 bridgehead atoms. The maximum atomic E-state index is 8.86. The van der Waals surface area contributed by atoms with Gasteiger partial charge in [-0.05, 0) is 30.2 Å². The average molecular weight is 230 g/mol. The van der Waals surface area contributed by atoms with Crippen LogP contribution in [0.4, 0.5) is 0 Å². The van der Waals surface area contributed by atoms with Crippen molar-refractivity contribution in [1.29, 1.82) is 0 Å². The first-order valence-corrected chi connectivity index (χ1v) is 4.57. The molecule has 0 aliphatic heterocycles. The van der Waals surface area contributed by atoms with E-state index in [1.165, 1.54) is 0 Å². The molecule has 12 heavy (non-hydrogen) atoms. The lowest BCUT2D eigenvalue weighted by atomic mass is 10.0. The molecule has 1 aromatic carbocycles. The van der Waals surface area contributed by atoms with E-state index in [0.717, 1.165) is 15.6 Å². The third-order valence-corrected chi connectivity index (χ3v) is 2.33. The lowest BCUT2D eigenvalue weighted by molar-refractivity contribution is 0.267. The first-order valence-electron chi connectivity index (χ1n) is 3.77. The van der Waals surface area contributed by atoms with Crippen molar-refractivity contribution < 1.29 is 5.11 Å². The molecule has 0 amide bonds. The first-order chi connectivity index (χ1) is 5.65. The standard InChI is InChI=1S/C9H12BrNO/c1-6-2-3-7(10)4-8(6)9(11)5-12/h2-4,9,12H,5,11H2,1H3/t9-/m1/s1. The fraction of sp³-hybridized carbons (Fsp3) is 0.333. The molecule has 1 atom stereocenters. The fourth-order valence-electron chi connectivity index (χ4n) is 1.11. The molecule has 0 saturated heterocycles. The van der Waals surface area contributed by atoms with Gasteiger partial charge in [0.15, 0.2) is 0 Å². The van der Waals surface area contributed by atoms with Crippen LogP contribution >= 0.6 is 15.9 Å². The van der Waals surface area contributed by atoms with Gasteiger partial charge < -0.3 is 10.8 Å². The predicted molar refractivity (Wildman–Crippen MR) is 52.9 cm³/mol. The Labute approximate surface area is 80.5 Å². The van der Waals surface area contributed by atoms with Gasteiger partial charge in [-0.25, -0.2) is 0 Å². The zero-order valence-corrected chi connectivity index (χ0v) is 8.51. The molecule has 0 aliphatic carbocycles. The molecule has 66 valence electrons. The minimum absolute atomic E-state index is 0.0166. The van der Waals surface area contributed by atoms with Gasteiger partial charge in [0.05, 0.1) is 12.6 Å². The minimum Gasteiger partial charge on any atom is -0.394 e. The zero-order chi connectivity index (χ0) is 9.14. The van der Waals surface area contributed by atoms with Crippen LogP contribution in [-0.4, -0.2) is 11.7 Å². The van der Waals surface area contributed by atoms with Crippen LogP contribution < -0.4 is 5.73 Å². The van der Waals surface area contributed by atoms with Crippen molar-refractivity contribution in [3.8, 4) is 0 Å². The Morgan fingerprint density at radius 2 is 2.25 bits per heavy atom. The molecule has 0 unspecified atom stereocenters. The van der Waals surface area contributed by atoms with E-state index in [4.69, 9.17) is 10.8 Å². The summed E-state index contributed by atoms with van der Waals surface area (Å²) >= 11 is 3.36. The van der Waals surface area contributed by atoms with Crippen LogP contribution in [0.1, 0.15) is 17.2 Å². The van der Waals surface area contributed by atoms with E-state index in [1.807, 2.05) is 25.1 Å². The van der Waals surface area contributed by atoms with E-state index in [1.54, 1.807) is 0 Å². The van der Waals surface area contributed by atoms with Crippen molar-refractivity contribution in [3.63, 3.8) is 0 Å². The number of nitrogens with two attached hydrogens (primary N) is 1. The number of hydrogen-bond acceptors (Lipinski definition) is 2. The number of hydrogen-bond donors (Lipinski definition) is 2. The Morgan fingerprint density at radius 1 is 1.58 bits per heavy atom. The summed E-state index contributed by atoms with van der Waals surface area (Å²) in [5.41, 5.74) is 7.80. The van der Waals surface area contributed by atoms with Crippen LogP contribution in [0.5, 0.6) is 0 Å². The van der Waals surface area contributed by atoms with Crippen LogP contribution in [0, 0.1) is 6.92 Å². The quantitative estimate of drug-likeness (QED) is 0.812. The highest BCUT2D eigenvalue weighted by Gasteiger charge is 2.07. The molecule has 3 N–H and O–H groups in total. The topological polar surface area (TPSA) is 46.2 Å². The normalized spacial score (nSPS) is 13.0. The van der Waals surface area contributed by atoms with Crippen LogP contribution in [0.2, 0.25) is 0 Å². The van der Waals surface area contributed by atoms with Crippen LogP contribution in [-0.2, 0) is 0 Å². The molecular weight excluding hydrogens is 218 g/mol. The van der Waals surface area contributed by atoms with Crippen molar-refractivity contribution in [1.82, 2.24) is 0 Å². The monoisotopic (exact) mass is 229 g/mol. The molecule has 2 nitrogen and oxygen atoms in total. The highest BCUT2D eigenvalue weighted by atomic mass is 79.9. The Balaban J connectivity index is 3.04. The predicted octanol–water partition coefficient (Wildman–Crippen LogP) is 1.75. The van der Waals surface area contributed by atoms with Crippen molar-refractivity contribution >= 4 is 15.9 Å². The van der Waals surface area contributed by atoms with Crippen LogP contribution in [0.3, 0.4) is 0 Å². The number of rotatable bonds is 2. The van der Waals surface area contributed by atoms with E-state index in [-0.39, 0.29) is 12.6 Å². The smallest absolute Gasteiger partial charge is 0.0624 e. The highest BCUT2D eigenvalue weighted by Crippen LogP contribution is 2.20. The van der Waals surface area contributed by atoms with Crippen LogP contribution in [0.15, 0.2) is 22.7 Å². The lowest BCUT2D eigenvalue weighted by Gasteiger charge is -2.11. The van der Waals surface area contributed by atoms with Gasteiger partial charge in [0.1, 0.15) is 0 Å². The summed E-state index contributed by atoms with van der Waals surface area (Å²) in [5, 5.41) is 8.86. The third-order valence-electron chi connectivity index (χ3n) is 1.84. The Kier molecular flexibility index (Phi) is 3.26. The van der Waals surface area contributed by atoms with Crippen molar-refractivity contribution in [3.05, 3.63) is 33.8 Å². The van der Waals surface area contributed by atoms with E-state index in [2.05, 4.69) is 15.9 Å². The molecule has 3 heteroatoms. The summed E-state index contributed by atoms with van der Waals surface area (Å²) in [6, 6.07) is 5.61. The summed E-state index contributed by atoms with van der Waals surface area (Å²) in [7, 11) is 0. The Bertz CT molecular complexity index is 275. The van der Waals surface area contributed by atoms with Crippen molar-refractivity contribution in [2.24, 2.45) is 5.73 Å². The first kappa shape index (κ1) is 9.71. The Hall–Kier alpha value is -0.380.